The van der Waals surface area contributed by atoms with Crippen LogP contribution in [0.1, 0.15) is 43.2 Å². The molecule has 3 heterocycles. The van der Waals surface area contributed by atoms with Gasteiger partial charge in [-0.2, -0.15) is 0 Å². The smallest absolute Gasteiger partial charge is 0.236 e. The van der Waals surface area contributed by atoms with Crippen molar-refractivity contribution in [1.82, 2.24) is 19.7 Å². The molecular weight excluding hydrogens is 396 g/mol. The van der Waals surface area contributed by atoms with Crippen molar-refractivity contribution in [3.05, 3.63) is 66.0 Å². The Morgan fingerprint density at radius 1 is 1.00 bits per heavy atom. The van der Waals surface area contributed by atoms with Crippen LogP contribution in [-0.4, -0.2) is 71.4 Å². The van der Waals surface area contributed by atoms with Crippen LogP contribution in [0.3, 0.4) is 0 Å². The predicted octanol–water partition coefficient (Wildman–Crippen LogP) is 3.85. The summed E-state index contributed by atoms with van der Waals surface area (Å²) >= 11 is 0. The van der Waals surface area contributed by atoms with E-state index in [1.165, 1.54) is 30.4 Å². The van der Waals surface area contributed by atoms with Gasteiger partial charge in [-0.1, -0.05) is 42.8 Å². The van der Waals surface area contributed by atoms with Gasteiger partial charge < -0.3 is 4.90 Å². The summed E-state index contributed by atoms with van der Waals surface area (Å²) < 4.78 is 0. The number of benzene rings is 1. The van der Waals surface area contributed by atoms with Crippen molar-refractivity contribution in [2.75, 3.05) is 39.8 Å². The molecule has 2 fully saturated rings. The largest absolute Gasteiger partial charge is 0.342 e. The van der Waals surface area contributed by atoms with Crippen LogP contribution in [0.4, 0.5) is 0 Å². The van der Waals surface area contributed by atoms with E-state index >= 15 is 0 Å². The summed E-state index contributed by atoms with van der Waals surface area (Å²) in [6, 6.07) is 15.5. The minimum absolute atomic E-state index is 0.327. The second-order valence-corrected chi connectivity index (χ2v) is 9.59. The SMILES string of the molecule is CN(Cc1cccnc1)C(Cc1ccccc1)C1CCN(C(=O)CN2CCCCC2)CC1. The van der Waals surface area contributed by atoms with E-state index in [0.717, 1.165) is 52.0 Å². The molecule has 0 bridgehead atoms. The van der Waals surface area contributed by atoms with Crippen LogP contribution in [-0.2, 0) is 17.8 Å². The highest BCUT2D eigenvalue weighted by Gasteiger charge is 2.31. The van der Waals surface area contributed by atoms with Gasteiger partial charge in [0, 0.05) is 38.1 Å². The molecule has 0 aliphatic carbocycles. The Labute approximate surface area is 193 Å². The molecule has 0 radical (unpaired) electrons. The monoisotopic (exact) mass is 434 g/mol. The highest BCUT2D eigenvalue weighted by Crippen LogP contribution is 2.27. The van der Waals surface area contributed by atoms with Crippen LogP contribution in [0, 0.1) is 5.92 Å². The molecule has 1 amide bonds. The molecule has 0 saturated carbocycles. The second kappa shape index (κ2) is 11.6. The average Bonchev–Trinajstić information content (AvgIpc) is 2.84. The first-order chi connectivity index (χ1) is 15.7. The molecule has 0 spiro atoms. The summed E-state index contributed by atoms with van der Waals surface area (Å²) in [6.07, 6.45) is 10.8. The van der Waals surface area contributed by atoms with Gasteiger partial charge in [-0.3, -0.25) is 19.6 Å². The molecule has 32 heavy (non-hydrogen) atoms. The number of carbonyl (C=O) groups is 1. The number of likely N-dealkylation sites (N-methyl/N-ethyl adjacent to an activating group) is 1. The van der Waals surface area contributed by atoms with E-state index < -0.39 is 0 Å². The molecule has 2 saturated heterocycles. The Morgan fingerprint density at radius 2 is 1.72 bits per heavy atom. The van der Waals surface area contributed by atoms with Gasteiger partial charge in [0.25, 0.3) is 0 Å². The fourth-order valence-electron chi connectivity index (χ4n) is 5.38. The maximum atomic E-state index is 12.9. The lowest BCUT2D eigenvalue weighted by molar-refractivity contribution is -0.134. The van der Waals surface area contributed by atoms with E-state index in [0.29, 0.717) is 24.4 Å². The first-order valence-corrected chi connectivity index (χ1v) is 12.3. The number of carbonyl (C=O) groups excluding carboxylic acids is 1. The maximum absolute atomic E-state index is 12.9. The average molecular weight is 435 g/mol. The van der Waals surface area contributed by atoms with Gasteiger partial charge in [-0.25, -0.2) is 0 Å². The maximum Gasteiger partial charge on any atom is 0.236 e. The fourth-order valence-corrected chi connectivity index (χ4v) is 5.38. The Balaban J connectivity index is 1.37. The zero-order chi connectivity index (χ0) is 22.2. The van der Waals surface area contributed by atoms with Crippen LogP contribution < -0.4 is 0 Å². The van der Waals surface area contributed by atoms with Gasteiger partial charge in [-0.05, 0) is 75.4 Å². The van der Waals surface area contributed by atoms with Crippen molar-refractivity contribution in [3.8, 4) is 0 Å². The molecular formula is C27H38N4O. The summed E-state index contributed by atoms with van der Waals surface area (Å²) in [5.41, 5.74) is 2.64. The third kappa shape index (κ3) is 6.39. The Kier molecular flexibility index (Phi) is 8.30. The number of amides is 1. The molecule has 1 aromatic carbocycles. The number of pyridine rings is 1. The van der Waals surface area contributed by atoms with E-state index in [2.05, 4.69) is 63.1 Å². The van der Waals surface area contributed by atoms with Crippen LogP contribution in [0.5, 0.6) is 0 Å². The highest BCUT2D eigenvalue weighted by atomic mass is 16.2. The number of rotatable bonds is 8. The van der Waals surface area contributed by atoms with Crippen LogP contribution in [0.25, 0.3) is 0 Å². The number of hydrogen-bond donors (Lipinski definition) is 0. The second-order valence-electron chi connectivity index (χ2n) is 9.59. The molecule has 4 rings (SSSR count). The van der Waals surface area contributed by atoms with Gasteiger partial charge in [0.2, 0.25) is 5.91 Å². The lowest BCUT2D eigenvalue weighted by Gasteiger charge is -2.40. The molecule has 0 N–H and O–H groups in total. The van der Waals surface area contributed by atoms with Crippen molar-refractivity contribution >= 4 is 5.91 Å². The summed E-state index contributed by atoms with van der Waals surface area (Å²) in [5, 5.41) is 0. The first kappa shape index (κ1) is 22.9. The summed E-state index contributed by atoms with van der Waals surface area (Å²) in [4.78, 5) is 24.1. The zero-order valence-corrected chi connectivity index (χ0v) is 19.5. The third-order valence-corrected chi connectivity index (χ3v) is 7.25. The minimum atomic E-state index is 0.327. The summed E-state index contributed by atoms with van der Waals surface area (Å²) in [7, 11) is 2.24. The van der Waals surface area contributed by atoms with E-state index in [-0.39, 0.29) is 0 Å². The normalized spacial score (nSPS) is 19.2. The van der Waals surface area contributed by atoms with Crippen molar-refractivity contribution in [3.63, 3.8) is 0 Å². The highest BCUT2D eigenvalue weighted by molar-refractivity contribution is 5.78. The van der Waals surface area contributed by atoms with Gasteiger partial charge in [0.1, 0.15) is 0 Å². The molecule has 1 unspecified atom stereocenters. The molecule has 1 aromatic heterocycles. The van der Waals surface area contributed by atoms with Crippen molar-refractivity contribution < 1.29 is 4.79 Å². The Hall–Kier alpha value is -2.24. The number of nitrogens with zero attached hydrogens (tertiary/aromatic N) is 4. The predicted molar refractivity (Wildman–Crippen MR) is 129 cm³/mol. The topological polar surface area (TPSA) is 39.7 Å². The van der Waals surface area contributed by atoms with Crippen molar-refractivity contribution in [1.29, 1.82) is 0 Å². The Morgan fingerprint density at radius 3 is 2.41 bits per heavy atom. The number of hydrogen-bond acceptors (Lipinski definition) is 4. The van der Waals surface area contributed by atoms with E-state index in [9.17, 15) is 4.79 Å². The number of piperidine rings is 2. The Bertz CT molecular complexity index is 814. The van der Waals surface area contributed by atoms with E-state index in [1.54, 1.807) is 0 Å². The van der Waals surface area contributed by atoms with Gasteiger partial charge in [-0.15, -0.1) is 0 Å². The molecule has 172 valence electrons. The quantitative estimate of drug-likeness (QED) is 0.633. The van der Waals surface area contributed by atoms with Gasteiger partial charge in [0.05, 0.1) is 6.54 Å². The van der Waals surface area contributed by atoms with Gasteiger partial charge >= 0.3 is 0 Å². The lowest BCUT2D eigenvalue weighted by atomic mass is 9.84. The molecule has 5 heteroatoms. The minimum Gasteiger partial charge on any atom is -0.342 e. The van der Waals surface area contributed by atoms with Crippen LogP contribution in [0.2, 0.25) is 0 Å². The number of aromatic nitrogens is 1. The third-order valence-electron chi connectivity index (χ3n) is 7.25. The molecule has 2 aliphatic rings. The molecule has 2 aromatic rings. The zero-order valence-electron chi connectivity index (χ0n) is 19.5. The fraction of sp³-hybridized carbons (Fsp3) is 0.556. The first-order valence-electron chi connectivity index (χ1n) is 12.3. The van der Waals surface area contributed by atoms with E-state index in [1.807, 2.05) is 18.5 Å². The van der Waals surface area contributed by atoms with Crippen LogP contribution in [0.15, 0.2) is 54.9 Å². The molecule has 2 aliphatic heterocycles. The lowest BCUT2D eigenvalue weighted by Crippen LogP contribution is -2.49. The molecule has 5 nitrogen and oxygen atoms in total. The summed E-state index contributed by atoms with van der Waals surface area (Å²) in [6.45, 7) is 5.46. The number of likely N-dealkylation sites (tertiary alicyclic amines) is 2. The van der Waals surface area contributed by atoms with Crippen molar-refractivity contribution in [2.45, 2.75) is 51.1 Å². The van der Waals surface area contributed by atoms with E-state index in [4.69, 9.17) is 0 Å². The molecule has 1 atom stereocenters. The summed E-state index contributed by atoms with van der Waals surface area (Å²) in [5.74, 6) is 0.921. The van der Waals surface area contributed by atoms with Crippen LogP contribution >= 0.6 is 0 Å². The van der Waals surface area contributed by atoms with Gasteiger partial charge in [0.15, 0.2) is 0 Å². The van der Waals surface area contributed by atoms with Crippen molar-refractivity contribution in [2.24, 2.45) is 5.92 Å². The standard InChI is InChI=1S/C27H38N4O/c1-29(21-24-11-8-14-28-20-24)26(19-23-9-4-2-5-10-23)25-12-17-31(18-13-25)27(32)22-30-15-6-3-7-16-30/h2,4-5,8-11,14,20,25-26H,3,6-7,12-13,15-19,21-22H2,1H3.